The van der Waals surface area contributed by atoms with E-state index < -0.39 is 0 Å². The molecule has 0 aliphatic rings. The van der Waals surface area contributed by atoms with Gasteiger partial charge in [0.1, 0.15) is 0 Å². The van der Waals surface area contributed by atoms with Crippen LogP contribution in [0.15, 0.2) is 36.4 Å². The lowest BCUT2D eigenvalue weighted by Crippen LogP contribution is -2.32. The van der Waals surface area contributed by atoms with Gasteiger partial charge in [-0.15, -0.1) is 0 Å². The number of benzene rings is 2. The first-order chi connectivity index (χ1) is 8.94. The fourth-order valence-corrected chi connectivity index (χ4v) is 2.25. The Hall–Kier alpha value is -1.54. The van der Waals surface area contributed by atoms with Gasteiger partial charge in [-0.05, 0) is 56.5 Å². The van der Waals surface area contributed by atoms with Crippen molar-refractivity contribution in [3.8, 4) is 0 Å². The molecule has 2 aromatic carbocycles. The largest absolute Gasteiger partial charge is 0.385 e. The molecule has 19 heavy (non-hydrogen) atoms. The maximum absolute atomic E-state index is 5.98. The maximum Gasteiger partial charge on any atom is 0.0346 e. The molecule has 102 valence electrons. The van der Waals surface area contributed by atoms with Crippen molar-refractivity contribution < 1.29 is 0 Å². The monoisotopic (exact) mass is 256 g/mol. The standard InChI is InChI=1S/C17H24N2/c1-13-5-6-15-12-16(8-7-14(15)11-13)19-10-4-9-17(2,3)18/h5-8,11-12,19H,4,9-10,18H2,1-3H3. The van der Waals surface area contributed by atoms with Gasteiger partial charge in [-0.2, -0.15) is 0 Å². The highest BCUT2D eigenvalue weighted by molar-refractivity contribution is 5.86. The summed E-state index contributed by atoms with van der Waals surface area (Å²) in [7, 11) is 0. The Morgan fingerprint density at radius 3 is 2.47 bits per heavy atom. The van der Waals surface area contributed by atoms with Crippen LogP contribution in [-0.4, -0.2) is 12.1 Å². The quantitative estimate of drug-likeness (QED) is 0.791. The van der Waals surface area contributed by atoms with Crippen LogP contribution in [-0.2, 0) is 0 Å². The van der Waals surface area contributed by atoms with E-state index in [9.17, 15) is 0 Å². The Balaban J connectivity index is 1.96. The molecule has 0 aromatic heterocycles. The van der Waals surface area contributed by atoms with Crippen molar-refractivity contribution >= 4 is 16.5 Å². The third-order valence-electron chi connectivity index (χ3n) is 3.32. The van der Waals surface area contributed by atoms with Gasteiger partial charge >= 0.3 is 0 Å². The first kappa shape index (κ1) is 13.9. The predicted molar refractivity (Wildman–Crippen MR) is 84.7 cm³/mol. The molecule has 2 heteroatoms. The van der Waals surface area contributed by atoms with Crippen LogP contribution >= 0.6 is 0 Å². The van der Waals surface area contributed by atoms with Gasteiger partial charge in [0.05, 0.1) is 0 Å². The number of hydrogen-bond acceptors (Lipinski definition) is 2. The Morgan fingerprint density at radius 1 is 1.05 bits per heavy atom. The van der Waals surface area contributed by atoms with Crippen molar-refractivity contribution in [2.24, 2.45) is 5.73 Å². The average molecular weight is 256 g/mol. The topological polar surface area (TPSA) is 38.0 Å². The number of anilines is 1. The minimum atomic E-state index is -0.0669. The average Bonchev–Trinajstić information content (AvgIpc) is 2.33. The van der Waals surface area contributed by atoms with E-state index in [0.717, 1.165) is 19.4 Å². The van der Waals surface area contributed by atoms with E-state index in [1.807, 2.05) is 0 Å². The fraction of sp³-hybridized carbons (Fsp3) is 0.412. The van der Waals surface area contributed by atoms with Crippen molar-refractivity contribution in [1.82, 2.24) is 0 Å². The normalized spacial score (nSPS) is 11.8. The van der Waals surface area contributed by atoms with Gasteiger partial charge in [-0.3, -0.25) is 0 Å². The van der Waals surface area contributed by atoms with Crippen LogP contribution in [0.4, 0.5) is 5.69 Å². The van der Waals surface area contributed by atoms with Crippen LogP contribution in [0.1, 0.15) is 32.3 Å². The summed E-state index contributed by atoms with van der Waals surface area (Å²) in [5, 5.41) is 6.05. The van der Waals surface area contributed by atoms with Gasteiger partial charge < -0.3 is 11.1 Å². The molecule has 0 unspecified atom stereocenters. The van der Waals surface area contributed by atoms with Gasteiger partial charge in [-0.1, -0.05) is 29.8 Å². The summed E-state index contributed by atoms with van der Waals surface area (Å²) in [5.74, 6) is 0. The molecule has 0 amide bonds. The van der Waals surface area contributed by atoms with Crippen LogP contribution < -0.4 is 11.1 Å². The number of rotatable bonds is 5. The summed E-state index contributed by atoms with van der Waals surface area (Å²) in [4.78, 5) is 0. The molecule has 0 radical (unpaired) electrons. The second kappa shape index (κ2) is 5.62. The van der Waals surface area contributed by atoms with E-state index in [4.69, 9.17) is 5.73 Å². The van der Waals surface area contributed by atoms with E-state index in [1.165, 1.54) is 22.0 Å². The Kier molecular flexibility index (Phi) is 4.11. The zero-order chi connectivity index (χ0) is 13.9. The molecule has 0 saturated heterocycles. The first-order valence-electron chi connectivity index (χ1n) is 6.97. The van der Waals surface area contributed by atoms with Crippen molar-refractivity contribution in [3.63, 3.8) is 0 Å². The van der Waals surface area contributed by atoms with Crippen LogP contribution in [0.5, 0.6) is 0 Å². The summed E-state index contributed by atoms with van der Waals surface area (Å²) >= 11 is 0. The van der Waals surface area contributed by atoms with Gasteiger partial charge in [0, 0.05) is 17.8 Å². The molecule has 0 atom stereocenters. The Bertz CT molecular complexity index is 553. The van der Waals surface area contributed by atoms with E-state index in [2.05, 4.69) is 62.5 Å². The molecule has 0 heterocycles. The van der Waals surface area contributed by atoms with Crippen molar-refractivity contribution in [2.45, 2.75) is 39.2 Å². The first-order valence-corrected chi connectivity index (χ1v) is 6.97. The van der Waals surface area contributed by atoms with E-state index in [-0.39, 0.29) is 5.54 Å². The molecule has 0 spiro atoms. The van der Waals surface area contributed by atoms with Crippen LogP contribution in [0, 0.1) is 6.92 Å². The minimum Gasteiger partial charge on any atom is -0.385 e. The number of aryl methyl sites for hydroxylation is 1. The molecular weight excluding hydrogens is 232 g/mol. The molecular formula is C17H24N2. The highest BCUT2D eigenvalue weighted by atomic mass is 14.9. The fourth-order valence-electron chi connectivity index (χ4n) is 2.25. The molecule has 0 aliphatic carbocycles. The zero-order valence-electron chi connectivity index (χ0n) is 12.2. The second-order valence-electron chi connectivity index (χ2n) is 6.08. The van der Waals surface area contributed by atoms with E-state index >= 15 is 0 Å². The number of nitrogens with one attached hydrogen (secondary N) is 1. The molecule has 0 fully saturated rings. The number of fused-ring (bicyclic) bond motifs is 1. The van der Waals surface area contributed by atoms with Crippen LogP contribution in [0.3, 0.4) is 0 Å². The smallest absolute Gasteiger partial charge is 0.0346 e. The molecule has 2 nitrogen and oxygen atoms in total. The third-order valence-corrected chi connectivity index (χ3v) is 3.32. The Morgan fingerprint density at radius 2 is 1.74 bits per heavy atom. The van der Waals surface area contributed by atoms with Crippen LogP contribution in [0.2, 0.25) is 0 Å². The lowest BCUT2D eigenvalue weighted by molar-refractivity contribution is 0.465. The zero-order valence-corrected chi connectivity index (χ0v) is 12.2. The van der Waals surface area contributed by atoms with Crippen molar-refractivity contribution in [2.75, 3.05) is 11.9 Å². The molecule has 2 aromatic rings. The summed E-state index contributed by atoms with van der Waals surface area (Å²) < 4.78 is 0. The van der Waals surface area contributed by atoms with Crippen molar-refractivity contribution in [3.05, 3.63) is 42.0 Å². The third kappa shape index (κ3) is 4.25. The predicted octanol–water partition coefficient (Wildman–Crippen LogP) is 4.08. The number of nitrogens with two attached hydrogens (primary N) is 1. The summed E-state index contributed by atoms with van der Waals surface area (Å²) in [6.45, 7) is 7.24. The lowest BCUT2D eigenvalue weighted by Gasteiger charge is -2.18. The summed E-state index contributed by atoms with van der Waals surface area (Å²) in [6, 6.07) is 13.1. The van der Waals surface area contributed by atoms with Crippen LogP contribution in [0.25, 0.3) is 10.8 Å². The number of hydrogen-bond donors (Lipinski definition) is 2. The molecule has 0 bridgehead atoms. The highest BCUT2D eigenvalue weighted by Gasteiger charge is 2.09. The Labute approximate surface area is 116 Å². The lowest BCUT2D eigenvalue weighted by atomic mass is 10.0. The van der Waals surface area contributed by atoms with Gasteiger partial charge in [-0.25, -0.2) is 0 Å². The van der Waals surface area contributed by atoms with Gasteiger partial charge in [0.25, 0.3) is 0 Å². The molecule has 0 saturated carbocycles. The molecule has 2 rings (SSSR count). The molecule has 3 N–H and O–H groups in total. The van der Waals surface area contributed by atoms with Gasteiger partial charge in [0.2, 0.25) is 0 Å². The second-order valence-corrected chi connectivity index (χ2v) is 6.08. The summed E-state index contributed by atoms with van der Waals surface area (Å²) in [6.07, 6.45) is 2.13. The van der Waals surface area contributed by atoms with Crippen molar-refractivity contribution in [1.29, 1.82) is 0 Å². The minimum absolute atomic E-state index is 0.0669. The SMILES string of the molecule is Cc1ccc2cc(NCCCC(C)(C)N)ccc2c1. The van der Waals surface area contributed by atoms with E-state index in [1.54, 1.807) is 0 Å². The maximum atomic E-state index is 5.98. The van der Waals surface area contributed by atoms with Gasteiger partial charge in [0.15, 0.2) is 0 Å². The van der Waals surface area contributed by atoms with E-state index in [0.29, 0.717) is 0 Å². The summed E-state index contributed by atoms with van der Waals surface area (Å²) in [5.41, 5.74) is 8.40. The molecule has 0 aliphatic heterocycles. The highest BCUT2D eigenvalue weighted by Crippen LogP contribution is 2.20.